The molecular weight excluding hydrogens is 733 g/mol. The van der Waals surface area contributed by atoms with Gasteiger partial charge in [-0.3, -0.25) is 0 Å². The molecule has 0 fully saturated rings. The van der Waals surface area contributed by atoms with E-state index in [0.29, 0.717) is 17.2 Å². The minimum absolute atomic E-state index is 0.108. The first-order valence-electron chi connectivity index (χ1n) is 22.6. The maximum absolute atomic E-state index is 11.4. The second-order valence-corrected chi connectivity index (χ2v) is 24.6. The van der Waals surface area contributed by atoms with E-state index in [9.17, 15) is 15.3 Å². The SMILES string of the molecule is Cc1cc(O)c(C(C)(C)CC(C)(C)C)cc1Cc1c(C)c(Cc2cc(C(C)(C)CC(C)(C)C)c(O)cc2C)c(C)c(Cc2cc(C(C)(C)CC(C)(C)C)c(O)cc2C)c1C. The van der Waals surface area contributed by atoms with Crippen molar-refractivity contribution in [1.82, 2.24) is 0 Å². The highest BCUT2D eigenvalue weighted by Gasteiger charge is 2.33. The summed E-state index contributed by atoms with van der Waals surface area (Å²) in [6, 6.07) is 12.8. The van der Waals surface area contributed by atoms with Gasteiger partial charge in [0.25, 0.3) is 0 Å². The van der Waals surface area contributed by atoms with Gasteiger partial charge in [-0.25, -0.2) is 0 Å². The van der Waals surface area contributed by atoms with E-state index < -0.39 is 0 Å². The highest BCUT2D eigenvalue weighted by Crippen LogP contribution is 2.45. The van der Waals surface area contributed by atoms with Crippen LogP contribution in [0.15, 0.2) is 36.4 Å². The smallest absolute Gasteiger partial charge is 0.119 e. The summed E-state index contributed by atoms with van der Waals surface area (Å²) < 4.78 is 0. The molecule has 0 aliphatic rings. The topological polar surface area (TPSA) is 60.7 Å². The minimum atomic E-state index is -0.206. The van der Waals surface area contributed by atoms with Crippen LogP contribution in [0.4, 0.5) is 0 Å². The number of rotatable bonds is 12. The summed E-state index contributed by atoms with van der Waals surface area (Å²) in [6.07, 6.45) is 5.15. The van der Waals surface area contributed by atoms with Crippen molar-refractivity contribution < 1.29 is 15.3 Å². The normalized spacial score (nSPS) is 13.3. The molecule has 0 unspecified atom stereocenters. The fourth-order valence-corrected chi connectivity index (χ4v) is 11.4. The van der Waals surface area contributed by atoms with E-state index in [1.807, 2.05) is 18.2 Å². The lowest BCUT2D eigenvalue weighted by Crippen LogP contribution is -2.25. The maximum Gasteiger partial charge on any atom is 0.119 e. The van der Waals surface area contributed by atoms with E-state index in [2.05, 4.69) is 164 Å². The molecular formula is C57H84O3. The number of phenols is 3. The van der Waals surface area contributed by atoms with Gasteiger partial charge in [0.2, 0.25) is 0 Å². The van der Waals surface area contributed by atoms with Crippen LogP contribution in [0.1, 0.15) is 207 Å². The number of hydrogen-bond donors (Lipinski definition) is 3. The van der Waals surface area contributed by atoms with Gasteiger partial charge in [-0.05, 0) is 214 Å². The molecule has 0 amide bonds. The van der Waals surface area contributed by atoms with Crippen LogP contribution in [-0.2, 0) is 35.5 Å². The van der Waals surface area contributed by atoms with Crippen LogP contribution in [0, 0.1) is 57.8 Å². The van der Waals surface area contributed by atoms with Crippen LogP contribution in [0.3, 0.4) is 0 Å². The first-order valence-corrected chi connectivity index (χ1v) is 22.6. The Hall–Kier alpha value is -3.72. The van der Waals surface area contributed by atoms with Crippen molar-refractivity contribution in [3.8, 4) is 17.2 Å². The Bertz CT molecular complexity index is 1950. The van der Waals surface area contributed by atoms with E-state index in [-0.39, 0.29) is 32.5 Å². The van der Waals surface area contributed by atoms with Gasteiger partial charge in [-0.1, -0.05) is 122 Å². The zero-order valence-electron chi connectivity index (χ0n) is 42.0. The van der Waals surface area contributed by atoms with E-state index in [4.69, 9.17) is 0 Å². The van der Waals surface area contributed by atoms with Gasteiger partial charge in [-0.15, -0.1) is 0 Å². The van der Waals surface area contributed by atoms with E-state index >= 15 is 0 Å². The fourth-order valence-electron chi connectivity index (χ4n) is 11.4. The molecule has 330 valence electrons. The number of aryl methyl sites for hydroxylation is 3. The molecule has 4 rings (SSSR count). The third-order valence-corrected chi connectivity index (χ3v) is 13.3. The van der Waals surface area contributed by atoms with Gasteiger partial charge >= 0.3 is 0 Å². The molecule has 3 nitrogen and oxygen atoms in total. The van der Waals surface area contributed by atoms with Crippen molar-refractivity contribution in [3.05, 3.63) is 120 Å². The average molecular weight is 817 g/mol. The third kappa shape index (κ3) is 11.4. The molecule has 0 saturated heterocycles. The molecule has 0 aliphatic heterocycles. The average Bonchev–Trinajstić information content (AvgIpc) is 3.02. The minimum Gasteiger partial charge on any atom is -0.508 e. The van der Waals surface area contributed by atoms with Crippen LogP contribution < -0.4 is 0 Å². The summed E-state index contributed by atoms with van der Waals surface area (Å²) in [4.78, 5) is 0. The Morgan fingerprint density at radius 3 is 0.717 bits per heavy atom. The third-order valence-electron chi connectivity index (χ3n) is 13.3. The van der Waals surface area contributed by atoms with Crippen molar-refractivity contribution in [1.29, 1.82) is 0 Å². The molecule has 0 bridgehead atoms. The summed E-state index contributed by atoms with van der Waals surface area (Å²) in [5.74, 6) is 1.14. The Morgan fingerprint density at radius 2 is 0.533 bits per heavy atom. The summed E-state index contributed by atoms with van der Waals surface area (Å²) >= 11 is 0. The van der Waals surface area contributed by atoms with Gasteiger partial charge in [0, 0.05) is 0 Å². The summed E-state index contributed by atoms with van der Waals surface area (Å²) in [5.41, 5.74) is 17.7. The van der Waals surface area contributed by atoms with Gasteiger partial charge in [0.15, 0.2) is 0 Å². The van der Waals surface area contributed by atoms with E-state index in [1.54, 1.807) is 0 Å². The number of aromatic hydroxyl groups is 3. The monoisotopic (exact) mass is 817 g/mol. The van der Waals surface area contributed by atoms with Crippen molar-refractivity contribution in [2.24, 2.45) is 16.2 Å². The van der Waals surface area contributed by atoms with Gasteiger partial charge in [-0.2, -0.15) is 0 Å². The zero-order valence-corrected chi connectivity index (χ0v) is 42.0. The van der Waals surface area contributed by atoms with Crippen molar-refractivity contribution >= 4 is 0 Å². The second kappa shape index (κ2) is 16.9. The molecule has 0 aromatic heterocycles. The molecule has 0 spiro atoms. The first-order chi connectivity index (χ1) is 27.0. The van der Waals surface area contributed by atoms with Gasteiger partial charge in [0.1, 0.15) is 17.2 Å². The Kier molecular flexibility index (Phi) is 13.8. The predicted octanol–water partition coefficient (Wildman–Crippen LogP) is 15.6. The van der Waals surface area contributed by atoms with Gasteiger partial charge in [0.05, 0.1) is 0 Å². The molecule has 60 heavy (non-hydrogen) atoms. The van der Waals surface area contributed by atoms with Crippen LogP contribution in [0.2, 0.25) is 0 Å². The second-order valence-electron chi connectivity index (χ2n) is 24.6. The van der Waals surface area contributed by atoms with Crippen LogP contribution >= 0.6 is 0 Å². The van der Waals surface area contributed by atoms with Crippen LogP contribution in [-0.4, -0.2) is 15.3 Å². The van der Waals surface area contributed by atoms with Crippen LogP contribution in [0.25, 0.3) is 0 Å². The molecule has 3 N–H and O–H groups in total. The predicted molar refractivity (Wildman–Crippen MR) is 259 cm³/mol. The highest BCUT2D eigenvalue weighted by molar-refractivity contribution is 5.58. The first kappa shape index (κ1) is 48.9. The molecule has 0 radical (unpaired) electrons. The van der Waals surface area contributed by atoms with Crippen molar-refractivity contribution in [2.75, 3.05) is 0 Å². The zero-order chi connectivity index (χ0) is 45.9. The van der Waals surface area contributed by atoms with E-state index in [1.165, 1.54) is 50.1 Å². The van der Waals surface area contributed by atoms with Gasteiger partial charge < -0.3 is 15.3 Å². The lowest BCUT2D eigenvalue weighted by Gasteiger charge is -2.34. The van der Waals surface area contributed by atoms with E-state index in [0.717, 1.165) is 71.9 Å². The molecule has 0 aliphatic carbocycles. The molecule has 0 atom stereocenters. The van der Waals surface area contributed by atoms with Crippen molar-refractivity contribution in [3.63, 3.8) is 0 Å². The largest absolute Gasteiger partial charge is 0.508 e. The molecule has 0 heterocycles. The van der Waals surface area contributed by atoms with Crippen LogP contribution in [0.5, 0.6) is 17.2 Å². The molecule has 3 heteroatoms. The Balaban J connectivity index is 2.01. The Morgan fingerprint density at radius 1 is 0.333 bits per heavy atom. The molecule has 0 saturated carbocycles. The quantitative estimate of drug-likeness (QED) is 0.133. The summed E-state index contributed by atoms with van der Waals surface area (Å²) in [6.45, 7) is 47.4. The highest BCUT2D eigenvalue weighted by atomic mass is 16.3. The number of phenolic OH excluding ortho intramolecular Hbond substituents is 3. The Labute approximate surface area is 367 Å². The molecule has 4 aromatic carbocycles. The maximum atomic E-state index is 11.4. The standard InChI is InChI=1S/C57H84O3/c1-34-22-49(58)46(55(16,17)31-52(7,8)9)28-40(34)25-43-37(4)44(26-41-29-47(50(59)23-35(41)2)56(18,19)32-53(10,11)12)39(6)45(38(43)5)27-42-30-48(51(60)24-36(42)3)57(20,21)33-54(13,14)15/h22-24,28-30,58-60H,25-27,31-33H2,1-21H3. The lowest BCUT2D eigenvalue weighted by atomic mass is 9.71. The summed E-state index contributed by atoms with van der Waals surface area (Å²) in [7, 11) is 0. The molecule has 4 aromatic rings. The number of hydrogen-bond acceptors (Lipinski definition) is 3. The summed E-state index contributed by atoms with van der Waals surface area (Å²) in [5, 5.41) is 34.2. The lowest BCUT2D eigenvalue weighted by molar-refractivity contribution is 0.278. The number of benzene rings is 4. The van der Waals surface area contributed by atoms with Crippen molar-refractivity contribution in [2.45, 2.75) is 200 Å². The fraction of sp³-hybridized carbons (Fsp3) is 0.579.